The van der Waals surface area contributed by atoms with E-state index in [9.17, 15) is 4.79 Å². The summed E-state index contributed by atoms with van der Waals surface area (Å²) >= 11 is 0. The average Bonchev–Trinajstić information content (AvgIpc) is 2.61. The Labute approximate surface area is 140 Å². The predicted octanol–water partition coefficient (Wildman–Crippen LogP) is 4.35. The summed E-state index contributed by atoms with van der Waals surface area (Å²) in [6.07, 6.45) is 13.3. The maximum Gasteiger partial charge on any atom is 0.196 e. The first-order valence-electron chi connectivity index (χ1n) is 8.98. The molecular formula is C19H32N2O2. The van der Waals surface area contributed by atoms with Gasteiger partial charge in [-0.05, 0) is 24.6 Å². The van der Waals surface area contributed by atoms with Gasteiger partial charge in [0.25, 0.3) is 0 Å². The number of carbonyl (C=O) groups excluding carboxylic acids is 1. The molecule has 2 aliphatic carbocycles. The lowest BCUT2D eigenvalue weighted by atomic mass is 9.91. The summed E-state index contributed by atoms with van der Waals surface area (Å²) in [6.45, 7) is 2.99. The van der Waals surface area contributed by atoms with Crippen molar-refractivity contribution in [1.82, 2.24) is 0 Å². The molecule has 0 spiro atoms. The highest BCUT2D eigenvalue weighted by Gasteiger charge is 2.24. The van der Waals surface area contributed by atoms with Crippen LogP contribution in [0.3, 0.4) is 0 Å². The quantitative estimate of drug-likeness (QED) is 0.346. The molecule has 0 aromatic heterocycles. The first-order valence-corrected chi connectivity index (χ1v) is 8.98. The number of hydrogen-bond acceptors (Lipinski definition) is 4. The Morgan fingerprint density at radius 2 is 1.43 bits per heavy atom. The van der Waals surface area contributed by atoms with Crippen LogP contribution in [0.2, 0.25) is 0 Å². The minimum Gasteiger partial charge on any atom is -0.493 e. The van der Waals surface area contributed by atoms with Crippen molar-refractivity contribution in [3.8, 4) is 5.75 Å². The van der Waals surface area contributed by atoms with Crippen LogP contribution < -0.4 is 16.4 Å². The van der Waals surface area contributed by atoms with Crippen LogP contribution in [-0.4, -0.2) is 12.4 Å². The van der Waals surface area contributed by atoms with Crippen molar-refractivity contribution >= 4 is 5.78 Å². The molecule has 0 heterocycles. The Morgan fingerprint density at radius 1 is 0.870 bits per heavy atom. The lowest BCUT2D eigenvalue weighted by molar-refractivity contribution is 0.102. The number of ketones is 1. The lowest BCUT2D eigenvalue weighted by Gasteiger charge is -2.18. The zero-order chi connectivity index (χ0) is 16.9. The summed E-state index contributed by atoms with van der Waals surface area (Å²) < 4.78 is 5.70. The average molecular weight is 320 g/mol. The Hall–Kier alpha value is -1.39. The summed E-state index contributed by atoms with van der Waals surface area (Å²) in [5, 5.41) is 0. The van der Waals surface area contributed by atoms with Crippen LogP contribution >= 0.6 is 0 Å². The molecule has 0 unspecified atom stereocenters. The van der Waals surface area contributed by atoms with Crippen molar-refractivity contribution in [2.24, 2.45) is 11.7 Å². The molecule has 0 radical (unpaired) electrons. The number of fused-ring (bicyclic) bond motifs is 2. The van der Waals surface area contributed by atoms with Crippen molar-refractivity contribution in [2.45, 2.75) is 71.1 Å². The second-order valence-corrected chi connectivity index (χ2v) is 6.07. The molecule has 2 bridgehead atoms. The Kier molecular flexibility index (Phi) is 10.3. The van der Waals surface area contributed by atoms with Crippen LogP contribution in [0.4, 0.5) is 0 Å². The molecule has 3 rings (SSSR count). The van der Waals surface area contributed by atoms with E-state index in [2.05, 4.69) is 18.6 Å². The summed E-state index contributed by atoms with van der Waals surface area (Å²) in [4.78, 5) is 11.5. The number of hydrazine groups is 1. The molecule has 4 heteroatoms. The fourth-order valence-corrected chi connectivity index (χ4v) is 2.82. The van der Waals surface area contributed by atoms with E-state index in [0.717, 1.165) is 29.9 Å². The van der Waals surface area contributed by atoms with E-state index in [4.69, 9.17) is 4.74 Å². The lowest BCUT2D eigenvalue weighted by Crippen LogP contribution is -2.15. The molecule has 0 fully saturated rings. The molecule has 2 aliphatic rings. The first kappa shape index (κ1) is 19.7. The van der Waals surface area contributed by atoms with Gasteiger partial charge in [-0.2, -0.15) is 0 Å². The Bertz CT molecular complexity index is 457. The van der Waals surface area contributed by atoms with Gasteiger partial charge in [-0.1, -0.05) is 64.7 Å². The minimum absolute atomic E-state index is 0.149. The topological polar surface area (TPSA) is 78.3 Å². The van der Waals surface area contributed by atoms with Gasteiger partial charge in [0.15, 0.2) is 5.78 Å². The molecule has 130 valence electrons. The number of rotatable bonds is 12. The minimum atomic E-state index is 0.149. The van der Waals surface area contributed by atoms with E-state index < -0.39 is 0 Å². The summed E-state index contributed by atoms with van der Waals surface area (Å²) in [5.74, 6) is 8.92. The van der Waals surface area contributed by atoms with Crippen LogP contribution in [0, 0.1) is 0 Å². The maximum atomic E-state index is 11.5. The van der Waals surface area contributed by atoms with Crippen molar-refractivity contribution in [3.63, 3.8) is 0 Å². The smallest absolute Gasteiger partial charge is 0.196 e. The van der Waals surface area contributed by atoms with Gasteiger partial charge in [-0.25, -0.2) is 0 Å². The number of hydrogen-bond donors (Lipinski definition) is 2. The third-order valence-electron chi connectivity index (χ3n) is 4.24. The number of ether oxygens (including phenoxy) is 1. The first-order chi connectivity index (χ1) is 11.3. The van der Waals surface area contributed by atoms with E-state index in [1.165, 1.54) is 57.8 Å². The molecule has 23 heavy (non-hydrogen) atoms. The van der Waals surface area contributed by atoms with Gasteiger partial charge in [0.1, 0.15) is 5.75 Å². The van der Waals surface area contributed by atoms with Gasteiger partial charge in [0.2, 0.25) is 0 Å². The molecule has 0 atom stereocenters. The Balaban J connectivity index is 0.00000127. The number of nitrogens with two attached hydrogens (primary N) is 2. The van der Waals surface area contributed by atoms with Crippen molar-refractivity contribution in [3.05, 3.63) is 29.3 Å². The summed E-state index contributed by atoms with van der Waals surface area (Å²) in [6, 6.07) is 5.68. The fraction of sp³-hybridized carbons (Fsp3) is 0.632. The van der Waals surface area contributed by atoms with Crippen LogP contribution in [0.15, 0.2) is 18.2 Å². The van der Waals surface area contributed by atoms with Gasteiger partial charge >= 0.3 is 0 Å². The fourth-order valence-electron chi connectivity index (χ4n) is 2.82. The predicted molar refractivity (Wildman–Crippen MR) is 95.6 cm³/mol. The molecule has 4 N–H and O–H groups in total. The van der Waals surface area contributed by atoms with Gasteiger partial charge in [-0.15, -0.1) is 0 Å². The molecule has 0 saturated carbocycles. The van der Waals surface area contributed by atoms with Gasteiger partial charge in [-0.3, -0.25) is 16.5 Å². The van der Waals surface area contributed by atoms with Crippen LogP contribution in [0.25, 0.3) is 0 Å². The maximum absolute atomic E-state index is 11.5. The summed E-state index contributed by atoms with van der Waals surface area (Å²) in [5.41, 5.74) is 1.58. The van der Waals surface area contributed by atoms with Crippen molar-refractivity contribution < 1.29 is 9.53 Å². The zero-order valence-electron chi connectivity index (χ0n) is 14.5. The zero-order valence-corrected chi connectivity index (χ0v) is 14.5. The third kappa shape index (κ3) is 6.71. The van der Waals surface area contributed by atoms with Crippen molar-refractivity contribution in [1.29, 1.82) is 0 Å². The standard InChI is InChI=1S/C19H28O2.H4N2/c1-2-3-4-5-6-7-8-9-10-11-14-21-18-13-12-16-15-17(18)19(16)20;1-2/h12-13,15H,2-11,14H2,1H3;1-2H2. The van der Waals surface area contributed by atoms with Crippen molar-refractivity contribution in [2.75, 3.05) is 6.61 Å². The van der Waals surface area contributed by atoms with E-state index >= 15 is 0 Å². The summed E-state index contributed by atoms with van der Waals surface area (Å²) in [7, 11) is 0. The number of unbranched alkanes of at least 4 members (excludes halogenated alkanes) is 9. The molecular weight excluding hydrogens is 288 g/mol. The number of carbonyl (C=O) groups is 1. The van der Waals surface area contributed by atoms with Crippen LogP contribution in [0.1, 0.15) is 87.1 Å². The highest BCUT2D eigenvalue weighted by atomic mass is 16.5. The highest BCUT2D eigenvalue weighted by molar-refractivity contribution is 6.18. The SMILES string of the molecule is CCCCCCCCCCCCOc1ccc2cc1C2=O.NN. The van der Waals surface area contributed by atoms with Gasteiger partial charge in [0.05, 0.1) is 12.2 Å². The largest absolute Gasteiger partial charge is 0.493 e. The normalized spacial score (nSPS) is 11.5. The molecule has 0 saturated heterocycles. The van der Waals surface area contributed by atoms with Crippen LogP contribution in [-0.2, 0) is 0 Å². The second kappa shape index (κ2) is 12.1. The van der Waals surface area contributed by atoms with E-state index in [0.29, 0.717) is 0 Å². The van der Waals surface area contributed by atoms with E-state index in [1.807, 2.05) is 18.2 Å². The molecule has 1 aromatic rings. The Morgan fingerprint density at radius 3 is 1.96 bits per heavy atom. The molecule has 0 amide bonds. The van der Waals surface area contributed by atoms with Gasteiger partial charge < -0.3 is 4.74 Å². The molecule has 0 aliphatic heterocycles. The third-order valence-corrected chi connectivity index (χ3v) is 4.24. The highest BCUT2D eigenvalue weighted by Crippen LogP contribution is 2.31. The van der Waals surface area contributed by atoms with Crippen LogP contribution in [0.5, 0.6) is 5.75 Å². The van der Waals surface area contributed by atoms with Gasteiger partial charge in [0, 0.05) is 5.56 Å². The number of benzene rings is 1. The van der Waals surface area contributed by atoms with E-state index in [-0.39, 0.29) is 5.78 Å². The monoisotopic (exact) mass is 320 g/mol. The van der Waals surface area contributed by atoms with E-state index in [1.54, 1.807) is 0 Å². The molecule has 4 nitrogen and oxygen atoms in total. The second-order valence-electron chi connectivity index (χ2n) is 6.07. The molecule has 1 aromatic carbocycles.